The zero-order valence-corrected chi connectivity index (χ0v) is 11.3. The summed E-state index contributed by atoms with van der Waals surface area (Å²) in [5, 5.41) is 8.95. The lowest BCUT2D eigenvalue weighted by molar-refractivity contribution is 0.0161. The molecule has 3 nitrogen and oxygen atoms in total. The molecule has 1 aliphatic heterocycles. The van der Waals surface area contributed by atoms with Crippen LogP contribution in [0.15, 0.2) is 24.4 Å². The highest BCUT2D eigenvalue weighted by atomic mass is 15.2. The summed E-state index contributed by atoms with van der Waals surface area (Å²) in [6.45, 7) is 6.51. The Morgan fingerprint density at radius 2 is 2.33 bits per heavy atom. The first kappa shape index (κ1) is 13.0. The number of nitriles is 1. The molecule has 3 heteroatoms. The highest BCUT2D eigenvalue weighted by Gasteiger charge is 2.38. The standard InChI is InChI=1S/C15H21N3/c1-15(2)13(8-9-16)6-5-11-18(15)12-14-7-3-4-10-17-14/h3-4,7,10,13H,5-6,8,11-12H2,1-2H3. The van der Waals surface area contributed by atoms with Crippen LogP contribution in [0.4, 0.5) is 0 Å². The van der Waals surface area contributed by atoms with Gasteiger partial charge in [0.25, 0.3) is 0 Å². The van der Waals surface area contributed by atoms with Crippen molar-refractivity contribution in [3.05, 3.63) is 30.1 Å². The summed E-state index contributed by atoms with van der Waals surface area (Å²) in [6.07, 6.45) is 4.85. The van der Waals surface area contributed by atoms with E-state index in [0.717, 1.165) is 18.8 Å². The maximum atomic E-state index is 8.95. The zero-order valence-electron chi connectivity index (χ0n) is 11.3. The Bertz CT molecular complexity index is 419. The lowest BCUT2D eigenvalue weighted by atomic mass is 9.77. The van der Waals surface area contributed by atoms with Gasteiger partial charge in [-0.05, 0) is 51.3 Å². The first-order chi connectivity index (χ1) is 8.64. The fraction of sp³-hybridized carbons (Fsp3) is 0.600. The quantitative estimate of drug-likeness (QED) is 0.819. The summed E-state index contributed by atoms with van der Waals surface area (Å²) in [5.41, 5.74) is 1.20. The Kier molecular flexibility index (Phi) is 3.98. The molecule has 1 aromatic rings. The predicted molar refractivity (Wildman–Crippen MR) is 71.7 cm³/mol. The van der Waals surface area contributed by atoms with Crippen LogP contribution >= 0.6 is 0 Å². The van der Waals surface area contributed by atoms with E-state index in [1.165, 1.54) is 12.8 Å². The molecule has 0 spiro atoms. The molecular weight excluding hydrogens is 222 g/mol. The second kappa shape index (κ2) is 5.49. The second-order valence-corrected chi connectivity index (χ2v) is 5.60. The molecule has 96 valence electrons. The SMILES string of the molecule is CC1(C)C(CC#N)CCCN1Cc1ccccn1. The Morgan fingerprint density at radius 3 is 3.00 bits per heavy atom. The molecule has 0 amide bonds. The first-order valence-electron chi connectivity index (χ1n) is 6.66. The molecule has 1 unspecified atom stereocenters. The van der Waals surface area contributed by atoms with Crippen LogP contribution in [0.1, 0.15) is 38.8 Å². The summed E-state index contributed by atoms with van der Waals surface area (Å²) in [4.78, 5) is 6.88. The fourth-order valence-corrected chi connectivity index (χ4v) is 2.86. The van der Waals surface area contributed by atoms with Crippen LogP contribution in [-0.2, 0) is 6.54 Å². The third kappa shape index (κ3) is 2.70. The van der Waals surface area contributed by atoms with Gasteiger partial charge in [0.2, 0.25) is 0 Å². The third-order valence-electron chi connectivity index (χ3n) is 4.21. The molecule has 0 aliphatic carbocycles. The van der Waals surface area contributed by atoms with Gasteiger partial charge in [-0.15, -0.1) is 0 Å². The molecule has 1 aliphatic rings. The Morgan fingerprint density at radius 1 is 1.50 bits per heavy atom. The van der Waals surface area contributed by atoms with E-state index in [4.69, 9.17) is 5.26 Å². The van der Waals surface area contributed by atoms with Crippen LogP contribution in [0.25, 0.3) is 0 Å². The van der Waals surface area contributed by atoms with Crippen LogP contribution in [-0.4, -0.2) is 22.0 Å². The van der Waals surface area contributed by atoms with Gasteiger partial charge in [0.1, 0.15) is 0 Å². The average Bonchev–Trinajstić information content (AvgIpc) is 2.36. The Labute approximate surface area is 109 Å². The van der Waals surface area contributed by atoms with E-state index < -0.39 is 0 Å². The maximum absolute atomic E-state index is 8.95. The minimum atomic E-state index is 0.0888. The van der Waals surface area contributed by atoms with Crippen LogP contribution in [0, 0.1) is 17.2 Å². The smallest absolute Gasteiger partial charge is 0.0625 e. The second-order valence-electron chi connectivity index (χ2n) is 5.60. The van der Waals surface area contributed by atoms with E-state index in [1.807, 2.05) is 18.3 Å². The number of piperidine rings is 1. The summed E-state index contributed by atoms with van der Waals surface area (Å²) < 4.78 is 0. The molecule has 2 rings (SSSR count). The molecule has 1 aromatic heterocycles. The molecule has 0 saturated carbocycles. The average molecular weight is 243 g/mol. The van der Waals surface area contributed by atoms with Gasteiger partial charge in [0, 0.05) is 24.7 Å². The lowest BCUT2D eigenvalue weighted by Crippen LogP contribution is -2.52. The van der Waals surface area contributed by atoms with Gasteiger partial charge in [-0.2, -0.15) is 5.26 Å². The van der Waals surface area contributed by atoms with Gasteiger partial charge in [-0.3, -0.25) is 9.88 Å². The van der Waals surface area contributed by atoms with Crippen LogP contribution in [0.3, 0.4) is 0 Å². The van der Waals surface area contributed by atoms with E-state index in [2.05, 4.69) is 35.9 Å². The minimum absolute atomic E-state index is 0.0888. The van der Waals surface area contributed by atoms with Gasteiger partial charge in [-0.1, -0.05) is 6.07 Å². The summed E-state index contributed by atoms with van der Waals surface area (Å²) in [5.74, 6) is 0.472. The highest BCUT2D eigenvalue weighted by molar-refractivity contribution is 5.06. The molecule has 0 bridgehead atoms. The van der Waals surface area contributed by atoms with E-state index in [1.54, 1.807) is 0 Å². The zero-order chi connectivity index (χ0) is 13.0. The monoisotopic (exact) mass is 243 g/mol. The normalized spacial score (nSPS) is 23.5. The van der Waals surface area contributed by atoms with Crippen LogP contribution in [0.5, 0.6) is 0 Å². The van der Waals surface area contributed by atoms with Crippen molar-refractivity contribution in [1.82, 2.24) is 9.88 Å². The largest absolute Gasteiger partial charge is 0.292 e. The number of hydrogen-bond acceptors (Lipinski definition) is 3. The fourth-order valence-electron chi connectivity index (χ4n) is 2.86. The molecule has 0 radical (unpaired) electrons. The molecule has 1 atom stereocenters. The van der Waals surface area contributed by atoms with E-state index in [0.29, 0.717) is 12.3 Å². The molecule has 1 saturated heterocycles. The molecule has 18 heavy (non-hydrogen) atoms. The topological polar surface area (TPSA) is 39.9 Å². The molecular formula is C15H21N3. The Hall–Kier alpha value is -1.40. The van der Waals surface area contributed by atoms with Crippen molar-refractivity contribution in [1.29, 1.82) is 5.26 Å². The van der Waals surface area contributed by atoms with Crippen molar-refractivity contribution in [3.63, 3.8) is 0 Å². The number of likely N-dealkylation sites (tertiary alicyclic amines) is 1. The number of nitrogens with zero attached hydrogens (tertiary/aromatic N) is 3. The van der Waals surface area contributed by atoms with Gasteiger partial charge >= 0.3 is 0 Å². The summed E-state index contributed by atoms with van der Waals surface area (Å²) in [7, 11) is 0. The minimum Gasteiger partial charge on any atom is -0.292 e. The van der Waals surface area contributed by atoms with Crippen molar-refractivity contribution >= 4 is 0 Å². The third-order valence-corrected chi connectivity index (χ3v) is 4.21. The van der Waals surface area contributed by atoms with Gasteiger partial charge in [0.05, 0.1) is 11.8 Å². The van der Waals surface area contributed by atoms with E-state index in [-0.39, 0.29) is 5.54 Å². The maximum Gasteiger partial charge on any atom is 0.0625 e. The van der Waals surface area contributed by atoms with Crippen molar-refractivity contribution in [2.45, 2.75) is 45.2 Å². The van der Waals surface area contributed by atoms with Crippen LogP contribution in [0.2, 0.25) is 0 Å². The molecule has 0 N–H and O–H groups in total. The Balaban J connectivity index is 2.10. The van der Waals surface area contributed by atoms with E-state index in [9.17, 15) is 0 Å². The molecule has 2 heterocycles. The molecule has 0 aromatic carbocycles. The lowest BCUT2D eigenvalue weighted by Gasteiger charge is -2.47. The predicted octanol–water partition coefficient (Wildman–Crippen LogP) is 2.99. The first-order valence-corrected chi connectivity index (χ1v) is 6.66. The van der Waals surface area contributed by atoms with Crippen molar-refractivity contribution in [2.24, 2.45) is 5.92 Å². The number of hydrogen-bond donors (Lipinski definition) is 0. The summed E-state index contributed by atoms with van der Waals surface area (Å²) in [6, 6.07) is 8.39. The number of pyridine rings is 1. The number of aromatic nitrogens is 1. The van der Waals surface area contributed by atoms with Crippen molar-refractivity contribution < 1.29 is 0 Å². The van der Waals surface area contributed by atoms with E-state index >= 15 is 0 Å². The van der Waals surface area contributed by atoms with Gasteiger partial charge in [-0.25, -0.2) is 0 Å². The highest BCUT2D eigenvalue weighted by Crippen LogP contribution is 2.35. The van der Waals surface area contributed by atoms with Crippen molar-refractivity contribution in [2.75, 3.05) is 6.54 Å². The molecule has 1 fully saturated rings. The van der Waals surface area contributed by atoms with Gasteiger partial charge in [0.15, 0.2) is 0 Å². The van der Waals surface area contributed by atoms with Crippen molar-refractivity contribution in [3.8, 4) is 6.07 Å². The summed E-state index contributed by atoms with van der Waals surface area (Å²) >= 11 is 0. The van der Waals surface area contributed by atoms with Gasteiger partial charge < -0.3 is 0 Å². The van der Waals surface area contributed by atoms with Crippen LogP contribution < -0.4 is 0 Å². The number of rotatable bonds is 3.